The van der Waals surface area contributed by atoms with Crippen LogP contribution in [0.4, 0.5) is 11.4 Å². The number of fused-ring (bicyclic) bond motifs is 1. The van der Waals surface area contributed by atoms with E-state index in [1.807, 2.05) is 0 Å². The van der Waals surface area contributed by atoms with Gasteiger partial charge in [-0.2, -0.15) is 0 Å². The van der Waals surface area contributed by atoms with Crippen molar-refractivity contribution in [3.05, 3.63) is 56.6 Å². The minimum absolute atomic E-state index is 0.0402. The number of benzene rings is 2. The number of amides is 1. The summed E-state index contributed by atoms with van der Waals surface area (Å²) in [4.78, 5) is 22.6. The van der Waals surface area contributed by atoms with E-state index >= 15 is 0 Å². The molecule has 1 N–H and O–H groups in total. The van der Waals surface area contributed by atoms with E-state index in [1.54, 1.807) is 25.1 Å². The Labute approximate surface area is 135 Å². The number of nitro benzene ring substituents is 1. The minimum atomic E-state index is -0.571. The average Bonchev–Trinajstić information content (AvgIpc) is 2.97. The van der Waals surface area contributed by atoms with Gasteiger partial charge in [0.1, 0.15) is 5.02 Å². The highest BCUT2D eigenvalue weighted by molar-refractivity contribution is 6.33. The van der Waals surface area contributed by atoms with Crippen LogP contribution in [0.3, 0.4) is 0 Å². The quantitative estimate of drug-likeness (QED) is 0.684. The number of carbonyl (C=O) groups is 1. The number of nitrogens with zero attached hydrogens (tertiary/aromatic N) is 1. The van der Waals surface area contributed by atoms with Crippen LogP contribution >= 0.6 is 11.6 Å². The smallest absolute Gasteiger partial charge is 0.288 e. The largest absolute Gasteiger partial charge is 0.454 e. The number of carbonyl (C=O) groups excluding carboxylic acids is 1. The van der Waals surface area contributed by atoms with Gasteiger partial charge in [0.25, 0.3) is 11.6 Å². The van der Waals surface area contributed by atoms with Crippen LogP contribution in [0.1, 0.15) is 15.9 Å². The summed E-state index contributed by atoms with van der Waals surface area (Å²) in [6.45, 7) is 1.77. The lowest BCUT2D eigenvalue weighted by Gasteiger charge is -2.09. The lowest BCUT2D eigenvalue weighted by molar-refractivity contribution is -0.384. The Morgan fingerprint density at radius 2 is 2.00 bits per heavy atom. The van der Waals surface area contributed by atoms with Crippen LogP contribution in [0.25, 0.3) is 0 Å². The van der Waals surface area contributed by atoms with Gasteiger partial charge in [-0.25, -0.2) is 0 Å². The first kappa shape index (κ1) is 15.1. The summed E-state index contributed by atoms with van der Waals surface area (Å²) in [5.74, 6) is 0.698. The molecule has 0 atom stereocenters. The maximum Gasteiger partial charge on any atom is 0.288 e. The molecule has 0 bridgehead atoms. The van der Waals surface area contributed by atoms with Crippen molar-refractivity contribution in [2.45, 2.75) is 6.92 Å². The molecule has 0 saturated carbocycles. The van der Waals surface area contributed by atoms with Gasteiger partial charge in [-0.1, -0.05) is 11.6 Å². The van der Waals surface area contributed by atoms with E-state index in [0.29, 0.717) is 28.3 Å². The second-order valence-electron chi connectivity index (χ2n) is 4.90. The van der Waals surface area contributed by atoms with Gasteiger partial charge in [-0.3, -0.25) is 14.9 Å². The normalized spacial score (nSPS) is 12.1. The highest BCUT2D eigenvalue weighted by atomic mass is 35.5. The summed E-state index contributed by atoms with van der Waals surface area (Å²) in [5, 5.41) is 13.5. The highest BCUT2D eigenvalue weighted by Gasteiger charge is 2.19. The Morgan fingerprint density at radius 3 is 2.74 bits per heavy atom. The molecule has 0 aliphatic carbocycles. The molecular formula is C15H11ClN2O5. The molecule has 118 valence electrons. The van der Waals surface area contributed by atoms with Gasteiger partial charge in [0, 0.05) is 17.3 Å². The van der Waals surface area contributed by atoms with Crippen molar-refractivity contribution in [2.75, 3.05) is 12.1 Å². The van der Waals surface area contributed by atoms with Crippen molar-refractivity contribution in [3.63, 3.8) is 0 Å². The fraction of sp³-hybridized carbons (Fsp3) is 0.133. The number of hydrogen-bond donors (Lipinski definition) is 1. The Morgan fingerprint density at radius 1 is 1.26 bits per heavy atom. The monoisotopic (exact) mass is 334 g/mol. The van der Waals surface area contributed by atoms with E-state index < -0.39 is 4.92 Å². The molecule has 2 aromatic rings. The zero-order valence-electron chi connectivity index (χ0n) is 12.0. The topological polar surface area (TPSA) is 90.7 Å². The fourth-order valence-electron chi connectivity index (χ4n) is 2.17. The van der Waals surface area contributed by atoms with E-state index in [9.17, 15) is 14.9 Å². The fourth-order valence-corrected chi connectivity index (χ4v) is 2.41. The molecule has 7 nitrogen and oxygen atoms in total. The third-order valence-corrected chi connectivity index (χ3v) is 3.68. The Kier molecular flexibility index (Phi) is 3.79. The van der Waals surface area contributed by atoms with Gasteiger partial charge in [-0.15, -0.1) is 0 Å². The lowest BCUT2D eigenvalue weighted by Crippen LogP contribution is -2.13. The van der Waals surface area contributed by atoms with Gasteiger partial charge in [0.15, 0.2) is 11.5 Å². The van der Waals surface area contributed by atoms with E-state index in [1.165, 1.54) is 12.1 Å². The molecule has 23 heavy (non-hydrogen) atoms. The molecule has 1 heterocycles. The number of ether oxygens (including phenoxy) is 2. The van der Waals surface area contributed by atoms with Crippen molar-refractivity contribution in [1.82, 2.24) is 0 Å². The van der Waals surface area contributed by atoms with Crippen molar-refractivity contribution >= 4 is 28.9 Å². The number of anilines is 1. The number of aryl methyl sites for hydroxylation is 1. The van der Waals surface area contributed by atoms with E-state index in [2.05, 4.69) is 5.32 Å². The summed E-state index contributed by atoms with van der Waals surface area (Å²) < 4.78 is 10.4. The molecule has 8 heteroatoms. The summed E-state index contributed by atoms with van der Waals surface area (Å²) >= 11 is 5.87. The predicted octanol–water partition coefficient (Wildman–Crippen LogP) is 3.54. The first-order valence-corrected chi connectivity index (χ1v) is 6.99. The summed E-state index contributed by atoms with van der Waals surface area (Å²) in [6, 6.07) is 7.50. The summed E-state index contributed by atoms with van der Waals surface area (Å²) in [6.07, 6.45) is 0. The van der Waals surface area contributed by atoms with Crippen molar-refractivity contribution in [2.24, 2.45) is 0 Å². The Bertz CT molecular complexity index is 822. The van der Waals surface area contributed by atoms with Gasteiger partial charge in [0.2, 0.25) is 6.79 Å². The molecule has 3 rings (SSSR count). The third kappa shape index (κ3) is 2.91. The highest BCUT2D eigenvalue weighted by Crippen LogP contribution is 2.33. The van der Waals surface area contributed by atoms with Crippen molar-refractivity contribution in [3.8, 4) is 11.5 Å². The van der Waals surface area contributed by atoms with E-state index in [-0.39, 0.29) is 23.4 Å². The maximum absolute atomic E-state index is 12.3. The van der Waals surface area contributed by atoms with Crippen LogP contribution in [0.15, 0.2) is 30.3 Å². The van der Waals surface area contributed by atoms with Gasteiger partial charge >= 0.3 is 0 Å². The lowest BCUT2D eigenvalue weighted by atomic mass is 10.1. The number of nitrogens with one attached hydrogen (secondary N) is 1. The summed E-state index contributed by atoms with van der Waals surface area (Å²) in [5.41, 5.74) is 1.12. The standard InChI is InChI=1S/C15H11ClN2O5/c1-8-4-12(18(20)21)10(16)6-11(8)17-15(19)9-2-3-13-14(5-9)23-7-22-13/h2-6H,7H2,1H3,(H,17,19). The molecule has 1 aliphatic rings. The van der Waals surface area contributed by atoms with E-state index in [4.69, 9.17) is 21.1 Å². The third-order valence-electron chi connectivity index (χ3n) is 3.37. The molecule has 0 saturated heterocycles. The van der Waals surface area contributed by atoms with Crippen LogP contribution in [-0.2, 0) is 0 Å². The zero-order valence-corrected chi connectivity index (χ0v) is 12.7. The number of rotatable bonds is 3. The number of halogens is 1. The maximum atomic E-state index is 12.3. The SMILES string of the molecule is Cc1cc([N+](=O)[O-])c(Cl)cc1NC(=O)c1ccc2c(c1)OCO2. The molecule has 0 fully saturated rings. The molecular weight excluding hydrogens is 324 g/mol. The molecule has 0 aromatic heterocycles. The second kappa shape index (κ2) is 5.77. The molecule has 2 aromatic carbocycles. The number of hydrogen-bond acceptors (Lipinski definition) is 5. The molecule has 0 radical (unpaired) electrons. The first-order valence-electron chi connectivity index (χ1n) is 6.61. The minimum Gasteiger partial charge on any atom is -0.454 e. The van der Waals surface area contributed by atoms with Crippen molar-refractivity contribution in [1.29, 1.82) is 0 Å². The average molecular weight is 335 g/mol. The van der Waals surface area contributed by atoms with E-state index in [0.717, 1.165) is 0 Å². The Balaban J connectivity index is 1.86. The van der Waals surface area contributed by atoms with Crippen LogP contribution in [-0.4, -0.2) is 17.6 Å². The summed E-state index contributed by atoms with van der Waals surface area (Å²) in [7, 11) is 0. The molecule has 1 aliphatic heterocycles. The van der Waals surface area contributed by atoms with Gasteiger partial charge < -0.3 is 14.8 Å². The van der Waals surface area contributed by atoms with Gasteiger partial charge in [-0.05, 0) is 36.8 Å². The number of nitro groups is 1. The van der Waals surface area contributed by atoms with Crippen molar-refractivity contribution < 1.29 is 19.2 Å². The van der Waals surface area contributed by atoms with Crippen LogP contribution < -0.4 is 14.8 Å². The van der Waals surface area contributed by atoms with Crippen LogP contribution in [0.5, 0.6) is 11.5 Å². The molecule has 0 unspecified atom stereocenters. The van der Waals surface area contributed by atoms with Crippen LogP contribution in [0, 0.1) is 17.0 Å². The van der Waals surface area contributed by atoms with Crippen LogP contribution in [0.2, 0.25) is 5.02 Å². The molecule has 1 amide bonds. The second-order valence-corrected chi connectivity index (χ2v) is 5.31. The Hall–Kier alpha value is -2.80. The molecule has 0 spiro atoms. The van der Waals surface area contributed by atoms with Gasteiger partial charge in [0.05, 0.1) is 4.92 Å². The predicted molar refractivity (Wildman–Crippen MR) is 83.4 cm³/mol. The first-order chi connectivity index (χ1) is 11.0. The zero-order chi connectivity index (χ0) is 16.6.